The molecule has 1 amide bonds. The topological polar surface area (TPSA) is 83.6 Å². The molecule has 1 aliphatic carbocycles. The molecular weight excluding hydrogens is 316 g/mol. The van der Waals surface area contributed by atoms with E-state index in [-0.39, 0.29) is 11.6 Å². The van der Waals surface area contributed by atoms with E-state index in [1.165, 1.54) is 5.56 Å². The van der Waals surface area contributed by atoms with Gasteiger partial charge >= 0.3 is 0 Å². The molecule has 2 unspecified atom stereocenters. The summed E-state index contributed by atoms with van der Waals surface area (Å²) in [6.45, 7) is 2.37. The van der Waals surface area contributed by atoms with Gasteiger partial charge in [-0.15, -0.1) is 0 Å². The molecular formula is C20H28N2O3. The largest absolute Gasteiger partial charge is 0.393 e. The van der Waals surface area contributed by atoms with Crippen molar-refractivity contribution < 1.29 is 14.7 Å². The Morgan fingerprint density at radius 1 is 1.36 bits per heavy atom. The van der Waals surface area contributed by atoms with E-state index >= 15 is 0 Å². The van der Waals surface area contributed by atoms with Gasteiger partial charge < -0.3 is 10.8 Å². The van der Waals surface area contributed by atoms with Crippen molar-refractivity contribution in [2.45, 2.75) is 69.7 Å². The molecule has 1 aromatic rings. The van der Waals surface area contributed by atoms with Crippen LogP contribution in [0.3, 0.4) is 0 Å². The van der Waals surface area contributed by atoms with Gasteiger partial charge in [-0.25, -0.2) is 0 Å². The highest BCUT2D eigenvalue weighted by Gasteiger charge is 2.55. The first-order chi connectivity index (χ1) is 11.9. The van der Waals surface area contributed by atoms with E-state index in [2.05, 4.69) is 17.0 Å². The van der Waals surface area contributed by atoms with Crippen molar-refractivity contribution in [2.75, 3.05) is 0 Å². The Bertz CT molecular complexity index is 631. The number of nitrogens with zero attached hydrogens (tertiary/aromatic N) is 1. The summed E-state index contributed by atoms with van der Waals surface area (Å²) in [6.07, 6.45) is 4.08. The fraction of sp³-hybridized carbons (Fsp3) is 0.600. The van der Waals surface area contributed by atoms with E-state index in [1.54, 1.807) is 6.92 Å². The zero-order chi connectivity index (χ0) is 18.0. The zero-order valence-corrected chi connectivity index (χ0v) is 14.9. The van der Waals surface area contributed by atoms with Gasteiger partial charge in [-0.05, 0) is 44.6 Å². The third-order valence-electron chi connectivity index (χ3n) is 6.12. The number of ketones is 1. The van der Waals surface area contributed by atoms with Crippen LogP contribution < -0.4 is 5.73 Å². The smallest absolute Gasteiger partial charge is 0.223 e. The first-order valence-electron chi connectivity index (χ1n) is 9.25. The second-order valence-electron chi connectivity index (χ2n) is 7.59. The lowest BCUT2D eigenvalue weighted by Crippen LogP contribution is -2.58. The lowest BCUT2D eigenvalue weighted by atomic mass is 9.73. The van der Waals surface area contributed by atoms with Crippen LogP contribution in [-0.4, -0.2) is 39.4 Å². The lowest BCUT2D eigenvalue weighted by Gasteiger charge is -2.46. The summed E-state index contributed by atoms with van der Waals surface area (Å²) in [5.41, 5.74) is 6.33. The number of nitrogens with two attached hydrogens (primary N) is 1. The van der Waals surface area contributed by atoms with Crippen LogP contribution in [0.1, 0.15) is 51.0 Å². The summed E-state index contributed by atoms with van der Waals surface area (Å²) < 4.78 is 0. The molecule has 1 aliphatic heterocycles. The Labute approximate surface area is 149 Å². The number of aliphatic hydroxyl groups excluding tert-OH is 1. The Hall–Kier alpha value is -1.72. The number of likely N-dealkylation sites (tertiary alicyclic amines) is 1. The van der Waals surface area contributed by atoms with Gasteiger partial charge in [-0.2, -0.15) is 0 Å². The Morgan fingerprint density at radius 3 is 2.60 bits per heavy atom. The highest BCUT2D eigenvalue weighted by molar-refractivity contribution is 5.94. The van der Waals surface area contributed by atoms with Crippen molar-refractivity contribution in [1.29, 1.82) is 0 Å². The highest BCUT2D eigenvalue weighted by atomic mass is 16.3. The predicted octanol–water partition coefficient (Wildman–Crippen LogP) is 2.02. The average molecular weight is 344 g/mol. The number of rotatable bonds is 7. The van der Waals surface area contributed by atoms with Gasteiger partial charge in [0.2, 0.25) is 5.91 Å². The molecule has 4 atom stereocenters. The van der Waals surface area contributed by atoms with E-state index in [4.69, 9.17) is 5.73 Å². The van der Waals surface area contributed by atoms with Crippen molar-refractivity contribution in [3.63, 3.8) is 0 Å². The fourth-order valence-corrected chi connectivity index (χ4v) is 4.49. The van der Waals surface area contributed by atoms with E-state index in [1.807, 2.05) is 18.2 Å². The lowest BCUT2D eigenvalue weighted by molar-refractivity contribution is -0.141. The van der Waals surface area contributed by atoms with Gasteiger partial charge in [0.05, 0.1) is 17.6 Å². The van der Waals surface area contributed by atoms with E-state index in [9.17, 15) is 14.7 Å². The Morgan fingerprint density at radius 2 is 2.08 bits per heavy atom. The predicted molar refractivity (Wildman–Crippen MR) is 95.6 cm³/mol. The van der Waals surface area contributed by atoms with Crippen LogP contribution in [0.15, 0.2) is 30.3 Å². The molecule has 3 rings (SSSR count). The minimum atomic E-state index is -0.735. The molecule has 0 radical (unpaired) electrons. The van der Waals surface area contributed by atoms with Gasteiger partial charge in [-0.1, -0.05) is 30.3 Å². The van der Waals surface area contributed by atoms with E-state index < -0.39 is 17.9 Å². The normalized spacial score (nSPS) is 28.7. The molecule has 1 aromatic carbocycles. The maximum Gasteiger partial charge on any atom is 0.223 e. The molecule has 136 valence electrons. The van der Waals surface area contributed by atoms with Crippen molar-refractivity contribution in [3.8, 4) is 0 Å². The molecule has 1 heterocycles. The van der Waals surface area contributed by atoms with Crippen LogP contribution in [0.25, 0.3) is 0 Å². The van der Waals surface area contributed by atoms with Crippen molar-refractivity contribution in [2.24, 2.45) is 11.7 Å². The monoisotopic (exact) mass is 344 g/mol. The first kappa shape index (κ1) is 18.1. The highest BCUT2D eigenvalue weighted by Crippen LogP contribution is 2.47. The molecule has 2 aliphatic rings. The SMILES string of the molecule is C[C@@H](O)[C@H](CCC1CCC2(CCC2=O)N1Cc1ccccc1)C(N)=O. The number of hydrogen-bond donors (Lipinski definition) is 2. The van der Waals surface area contributed by atoms with Gasteiger partial charge in [0, 0.05) is 19.0 Å². The second-order valence-corrected chi connectivity index (χ2v) is 7.59. The molecule has 5 nitrogen and oxygen atoms in total. The molecule has 25 heavy (non-hydrogen) atoms. The zero-order valence-electron chi connectivity index (χ0n) is 14.9. The minimum absolute atomic E-state index is 0.255. The third kappa shape index (κ3) is 3.48. The first-order valence-corrected chi connectivity index (χ1v) is 9.25. The van der Waals surface area contributed by atoms with Gasteiger partial charge in [0.1, 0.15) is 0 Å². The number of benzene rings is 1. The maximum absolute atomic E-state index is 12.4. The number of hydrogen-bond acceptors (Lipinski definition) is 4. The summed E-state index contributed by atoms with van der Waals surface area (Å²) in [5.74, 6) is -0.614. The molecule has 0 bridgehead atoms. The summed E-state index contributed by atoms with van der Waals surface area (Å²) in [4.78, 5) is 26.3. The number of carbonyl (C=O) groups excluding carboxylic acids is 2. The number of amides is 1. The van der Waals surface area contributed by atoms with Crippen LogP contribution in [0.2, 0.25) is 0 Å². The van der Waals surface area contributed by atoms with Crippen LogP contribution in [-0.2, 0) is 16.1 Å². The molecule has 1 saturated carbocycles. The second kappa shape index (κ2) is 7.26. The maximum atomic E-state index is 12.4. The fourth-order valence-electron chi connectivity index (χ4n) is 4.49. The van der Waals surface area contributed by atoms with E-state index in [0.717, 1.165) is 32.2 Å². The number of Topliss-reactive ketones (excluding diaryl/α,β-unsaturated/α-hetero) is 1. The average Bonchev–Trinajstić information content (AvgIpc) is 2.95. The third-order valence-corrected chi connectivity index (χ3v) is 6.12. The van der Waals surface area contributed by atoms with Crippen LogP contribution in [0.5, 0.6) is 0 Å². The Balaban J connectivity index is 1.73. The molecule has 3 N–H and O–H groups in total. The van der Waals surface area contributed by atoms with E-state index in [0.29, 0.717) is 18.6 Å². The van der Waals surface area contributed by atoms with Gasteiger partial charge in [0.15, 0.2) is 5.78 Å². The molecule has 0 aromatic heterocycles. The number of aliphatic hydroxyl groups is 1. The summed E-state index contributed by atoms with van der Waals surface area (Å²) in [7, 11) is 0. The van der Waals surface area contributed by atoms with Gasteiger partial charge in [-0.3, -0.25) is 14.5 Å². The summed E-state index contributed by atoms with van der Waals surface area (Å²) >= 11 is 0. The number of primary amides is 1. The molecule has 1 spiro atoms. The molecule has 1 saturated heterocycles. The van der Waals surface area contributed by atoms with Crippen molar-refractivity contribution in [3.05, 3.63) is 35.9 Å². The standard InChI is InChI=1S/C20H28N2O3/c1-14(23)17(19(21)25)8-7-16-9-11-20(12-10-18(20)24)22(16)13-15-5-3-2-4-6-15/h2-6,14,16-17,23H,7-13H2,1H3,(H2,21,25)/t14-,16?,17+,20?/m1/s1. The number of carbonyl (C=O) groups is 2. The van der Waals surface area contributed by atoms with Crippen molar-refractivity contribution >= 4 is 11.7 Å². The minimum Gasteiger partial charge on any atom is -0.393 e. The van der Waals surface area contributed by atoms with Gasteiger partial charge in [0.25, 0.3) is 0 Å². The van der Waals surface area contributed by atoms with Crippen LogP contribution in [0, 0.1) is 5.92 Å². The Kier molecular flexibility index (Phi) is 5.25. The summed E-state index contributed by atoms with van der Waals surface area (Å²) in [5, 5.41) is 9.79. The van der Waals surface area contributed by atoms with Crippen LogP contribution >= 0.6 is 0 Å². The summed E-state index contributed by atoms with van der Waals surface area (Å²) in [6, 6.07) is 10.5. The van der Waals surface area contributed by atoms with Crippen molar-refractivity contribution in [1.82, 2.24) is 4.90 Å². The quantitative estimate of drug-likeness (QED) is 0.792. The van der Waals surface area contributed by atoms with Crippen LogP contribution in [0.4, 0.5) is 0 Å². The molecule has 5 heteroatoms. The molecule has 2 fully saturated rings.